The summed E-state index contributed by atoms with van der Waals surface area (Å²) in [4.78, 5) is 14.8. The number of hydrazine groups is 1. The topological polar surface area (TPSA) is 87.0 Å². The quantitative estimate of drug-likeness (QED) is 0.272. The number of carbonyl (C=O) groups excluding carboxylic acids is 1. The van der Waals surface area contributed by atoms with Gasteiger partial charge in [-0.05, 0) is 13.0 Å². The van der Waals surface area contributed by atoms with Crippen molar-refractivity contribution in [1.82, 2.24) is 10.4 Å². The molecule has 0 aromatic carbocycles. The largest absolute Gasteiger partial charge is 0.462 e. The van der Waals surface area contributed by atoms with Crippen LogP contribution in [0.15, 0.2) is 17.8 Å². The zero-order valence-corrected chi connectivity index (χ0v) is 13.0. The van der Waals surface area contributed by atoms with Crippen LogP contribution in [0.4, 0.5) is 19.0 Å². The fraction of sp³-hybridized carbons (Fsp3) is 0.250. The van der Waals surface area contributed by atoms with E-state index in [-0.39, 0.29) is 23.0 Å². The van der Waals surface area contributed by atoms with E-state index in [1.54, 1.807) is 13.0 Å². The first-order valence-corrected chi connectivity index (χ1v) is 6.68. The summed E-state index contributed by atoms with van der Waals surface area (Å²) in [6.45, 7) is 1.64. The zero-order chi connectivity index (χ0) is 17.6. The fourth-order valence-electron chi connectivity index (χ4n) is 1.28. The van der Waals surface area contributed by atoms with Gasteiger partial charge in [0.2, 0.25) is 0 Å². The van der Waals surface area contributed by atoms with E-state index in [2.05, 4.69) is 20.6 Å². The van der Waals surface area contributed by atoms with Crippen molar-refractivity contribution in [3.63, 3.8) is 0 Å². The molecule has 0 aliphatic rings. The minimum Gasteiger partial charge on any atom is -0.462 e. The number of nitriles is 1. The number of hydrogen-bond donors (Lipinski definition) is 2. The lowest BCUT2D eigenvalue weighted by Crippen LogP contribution is -2.19. The minimum atomic E-state index is -4.70. The van der Waals surface area contributed by atoms with Crippen molar-refractivity contribution in [3.8, 4) is 6.07 Å². The smallest absolute Gasteiger partial charge is 0.419 e. The Labute approximate surface area is 138 Å². The number of ether oxygens (including phenoxy) is 1. The van der Waals surface area contributed by atoms with Crippen molar-refractivity contribution in [2.24, 2.45) is 0 Å². The summed E-state index contributed by atoms with van der Waals surface area (Å²) in [6, 6.07) is 2.18. The highest BCUT2D eigenvalue weighted by atomic mass is 35.5. The van der Waals surface area contributed by atoms with E-state index in [4.69, 9.17) is 28.5 Å². The van der Waals surface area contributed by atoms with Crippen LogP contribution in [0.25, 0.3) is 0 Å². The number of nitrogens with one attached hydrogen (secondary N) is 2. The van der Waals surface area contributed by atoms with E-state index in [9.17, 15) is 18.0 Å². The van der Waals surface area contributed by atoms with Crippen LogP contribution in [0, 0.1) is 11.3 Å². The molecular formula is C12H9Cl2F3N4O2. The molecule has 1 heterocycles. The Hall–Kier alpha value is -2.18. The molecule has 0 saturated carbocycles. The lowest BCUT2D eigenvalue weighted by Gasteiger charge is -2.12. The molecule has 0 saturated heterocycles. The molecular weight excluding hydrogens is 360 g/mol. The Balaban J connectivity index is 2.89. The standard InChI is InChI=1S/C12H9Cl2F3N4O2/c1-2-23-11(22)6(4-18)5-19-21-10-8(13)3-7(9(14)20-10)12(15,16)17/h3,5,19H,2H2,1H3,(H,20,21)/b6-5+. The van der Waals surface area contributed by atoms with Gasteiger partial charge in [0.25, 0.3) is 0 Å². The number of anilines is 1. The highest BCUT2D eigenvalue weighted by molar-refractivity contribution is 6.34. The average Bonchev–Trinajstić information content (AvgIpc) is 2.45. The fourth-order valence-corrected chi connectivity index (χ4v) is 1.72. The minimum absolute atomic E-state index is 0.0766. The van der Waals surface area contributed by atoms with Crippen molar-refractivity contribution in [2.45, 2.75) is 13.1 Å². The number of nitrogens with zero attached hydrogens (tertiary/aromatic N) is 2. The summed E-state index contributed by atoms with van der Waals surface area (Å²) in [5.74, 6) is -1.09. The van der Waals surface area contributed by atoms with Gasteiger partial charge in [-0.3, -0.25) is 5.43 Å². The van der Waals surface area contributed by atoms with Crippen LogP contribution in [0.3, 0.4) is 0 Å². The van der Waals surface area contributed by atoms with Crippen LogP contribution < -0.4 is 10.9 Å². The molecule has 0 atom stereocenters. The van der Waals surface area contributed by atoms with Crippen LogP contribution in [0.1, 0.15) is 12.5 Å². The number of rotatable bonds is 5. The van der Waals surface area contributed by atoms with E-state index in [0.717, 1.165) is 6.20 Å². The van der Waals surface area contributed by atoms with Gasteiger partial charge < -0.3 is 10.2 Å². The molecule has 0 aliphatic heterocycles. The normalized spacial score (nSPS) is 11.6. The first kappa shape index (κ1) is 18.9. The van der Waals surface area contributed by atoms with E-state index >= 15 is 0 Å². The second-order valence-electron chi connectivity index (χ2n) is 3.81. The van der Waals surface area contributed by atoms with Gasteiger partial charge in [0.1, 0.15) is 11.2 Å². The Bertz CT molecular complexity index is 671. The summed E-state index contributed by atoms with van der Waals surface area (Å²) in [7, 11) is 0. The number of aromatic nitrogens is 1. The van der Waals surface area contributed by atoms with Crippen molar-refractivity contribution in [2.75, 3.05) is 12.0 Å². The zero-order valence-electron chi connectivity index (χ0n) is 11.5. The lowest BCUT2D eigenvalue weighted by atomic mass is 10.3. The summed E-state index contributed by atoms with van der Waals surface area (Å²) in [6.07, 6.45) is -3.75. The maximum Gasteiger partial charge on any atom is 0.419 e. The van der Waals surface area contributed by atoms with Crippen LogP contribution in [-0.4, -0.2) is 17.6 Å². The predicted molar refractivity (Wildman–Crippen MR) is 76.3 cm³/mol. The van der Waals surface area contributed by atoms with Crippen LogP contribution in [-0.2, 0) is 15.7 Å². The third-order valence-electron chi connectivity index (χ3n) is 2.26. The second kappa shape index (κ2) is 7.89. The molecule has 1 aromatic heterocycles. The summed E-state index contributed by atoms with van der Waals surface area (Å²) < 4.78 is 42.4. The van der Waals surface area contributed by atoms with Gasteiger partial charge in [0.05, 0.1) is 17.2 Å². The van der Waals surface area contributed by atoms with Gasteiger partial charge in [-0.2, -0.15) is 18.4 Å². The van der Waals surface area contributed by atoms with Gasteiger partial charge in [-0.1, -0.05) is 23.2 Å². The molecule has 2 N–H and O–H groups in total. The molecule has 0 amide bonds. The number of pyridine rings is 1. The number of hydrogen-bond acceptors (Lipinski definition) is 6. The number of esters is 1. The average molecular weight is 369 g/mol. The van der Waals surface area contributed by atoms with Crippen LogP contribution >= 0.6 is 23.2 Å². The SMILES string of the molecule is CCOC(=O)/C(C#N)=C/NNc1nc(Cl)c(C(F)(F)F)cc1Cl. The number of halogens is 5. The summed E-state index contributed by atoms with van der Waals surface area (Å²) in [5.41, 5.74) is 3.06. The Morgan fingerprint density at radius 2 is 2.17 bits per heavy atom. The van der Waals surface area contributed by atoms with Gasteiger partial charge in [-0.15, -0.1) is 0 Å². The van der Waals surface area contributed by atoms with Gasteiger partial charge >= 0.3 is 12.1 Å². The number of carbonyl (C=O) groups is 1. The van der Waals surface area contributed by atoms with Gasteiger partial charge in [-0.25, -0.2) is 9.78 Å². The molecule has 23 heavy (non-hydrogen) atoms. The second-order valence-corrected chi connectivity index (χ2v) is 4.58. The molecule has 0 unspecified atom stereocenters. The molecule has 0 radical (unpaired) electrons. The molecule has 11 heteroatoms. The van der Waals surface area contributed by atoms with Crippen LogP contribution in [0.2, 0.25) is 10.2 Å². The Kier molecular flexibility index (Phi) is 6.48. The molecule has 6 nitrogen and oxygen atoms in total. The van der Waals surface area contributed by atoms with Gasteiger partial charge in [0.15, 0.2) is 11.4 Å². The van der Waals surface area contributed by atoms with Crippen molar-refractivity contribution < 1.29 is 22.7 Å². The highest BCUT2D eigenvalue weighted by Crippen LogP contribution is 2.37. The molecule has 124 valence electrons. The third-order valence-corrected chi connectivity index (χ3v) is 2.83. The Morgan fingerprint density at radius 3 is 2.70 bits per heavy atom. The van der Waals surface area contributed by atoms with E-state index in [1.165, 1.54) is 0 Å². The molecule has 1 rings (SSSR count). The Morgan fingerprint density at radius 1 is 1.52 bits per heavy atom. The monoisotopic (exact) mass is 368 g/mol. The van der Waals surface area contributed by atoms with Gasteiger partial charge in [0, 0.05) is 6.20 Å². The third kappa shape index (κ3) is 5.19. The first-order chi connectivity index (χ1) is 10.7. The molecule has 0 fully saturated rings. The maximum atomic E-state index is 12.6. The highest BCUT2D eigenvalue weighted by Gasteiger charge is 2.34. The van der Waals surface area contributed by atoms with E-state index < -0.39 is 22.9 Å². The van der Waals surface area contributed by atoms with Crippen molar-refractivity contribution >= 4 is 35.0 Å². The molecule has 0 aliphatic carbocycles. The first-order valence-electron chi connectivity index (χ1n) is 5.92. The summed E-state index contributed by atoms with van der Waals surface area (Å²) >= 11 is 11.1. The lowest BCUT2D eigenvalue weighted by molar-refractivity contribution is -0.138. The molecule has 0 bridgehead atoms. The van der Waals surface area contributed by atoms with E-state index in [1.807, 2.05) is 0 Å². The molecule has 1 aromatic rings. The summed E-state index contributed by atoms with van der Waals surface area (Å²) in [5, 5.41) is 7.60. The van der Waals surface area contributed by atoms with Crippen LogP contribution in [0.5, 0.6) is 0 Å². The van der Waals surface area contributed by atoms with Crippen molar-refractivity contribution in [1.29, 1.82) is 5.26 Å². The van der Waals surface area contributed by atoms with E-state index in [0.29, 0.717) is 6.07 Å². The maximum absolute atomic E-state index is 12.6. The predicted octanol–water partition coefficient (Wildman–Crippen LogP) is 3.29. The molecule has 0 spiro atoms. The number of alkyl halides is 3. The van der Waals surface area contributed by atoms with Crippen molar-refractivity contribution in [3.05, 3.63) is 33.6 Å².